The molecule has 0 aliphatic rings. The first-order chi connectivity index (χ1) is 13.1. The van der Waals surface area contributed by atoms with Crippen molar-refractivity contribution >= 4 is 55.7 Å². The van der Waals surface area contributed by atoms with Crippen molar-refractivity contribution in [3.05, 3.63) is 58.6 Å². The summed E-state index contributed by atoms with van der Waals surface area (Å²) in [6.07, 6.45) is 0. The molecular formula is C19H16BrN5OS. The number of carbonyl (C=O) groups excluding carboxylic acids is 1. The van der Waals surface area contributed by atoms with Crippen LogP contribution in [0.15, 0.2) is 58.2 Å². The third kappa shape index (κ3) is 3.81. The lowest BCUT2D eigenvalue weighted by Gasteiger charge is -2.04. The lowest BCUT2D eigenvalue weighted by molar-refractivity contribution is -0.118. The Morgan fingerprint density at radius 2 is 2.00 bits per heavy atom. The molecule has 0 spiro atoms. The Balaban J connectivity index is 1.47. The van der Waals surface area contributed by atoms with Crippen molar-refractivity contribution in [3.63, 3.8) is 0 Å². The highest BCUT2D eigenvalue weighted by Crippen LogP contribution is 2.28. The zero-order valence-electron chi connectivity index (χ0n) is 14.5. The van der Waals surface area contributed by atoms with E-state index in [4.69, 9.17) is 0 Å². The lowest BCUT2D eigenvalue weighted by atomic mass is 10.2. The smallest absolute Gasteiger partial charge is 0.230 e. The Hall–Kier alpha value is -2.45. The van der Waals surface area contributed by atoms with Gasteiger partial charge in [-0.05, 0) is 23.8 Å². The first kappa shape index (κ1) is 17.9. The van der Waals surface area contributed by atoms with E-state index in [1.54, 1.807) is 0 Å². The molecule has 1 amide bonds. The molecule has 0 bridgehead atoms. The van der Waals surface area contributed by atoms with Crippen LogP contribution in [0.3, 0.4) is 0 Å². The molecule has 136 valence electrons. The molecule has 0 radical (unpaired) electrons. The van der Waals surface area contributed by atoms with E-state index in [2.05, 4.69) is 36.4 Å². The summed E-state index contributed by atoms with van der Waals surface area (Å²) in [4.78, 5) is 16.7. The van der Waals surface area contributed by atoms with E-state index >= 15 is 0 Å². The number of nitrogens with zero attached hydrogens (tertiary/aromatic N) is 4. The minimum absolute atomic E-state index is 0.0616. The molecule has 4 rings (SSSR count). The maximum atomic E-state index is 12.1. The molecule has 2 aromatic heterocycles. The van der Waals surface area contributed by atoms with Crippen molar-refractivity contribution in [2.45, 2.75) is 11.7 Å². The monoisotopic (exact) mass is 441 g/mol. The van der Waals surface area contributed by atoms with Crippen LogP contribution in [0.1, 0.15) is 5.56 Å². The van der Waals surface area contributed by atoms with E-state index in [0.717, 1.165) is 32.1 Å². The fourth-order valence-electron chi connectivity index (χ4n) is 2.85. The first-order valence-electron chi connectivity index (χ1n) is 8.33. The number of aromatic nitrogens is 4. The van der Waals surface area contributed by atoms with E-state index in [0.29, 0.717) is 11.7 Å². The number of benzene rings is 2. The average molecular weight is 442 g/mol. The quantitative estimate of drug-likeness (QED) is 0.478. The third-order valence-electron chi connectivity index (χ3n) is 4.21. The molecule has 0 fully saturated rings. The summed E-state index contributed by atoms with van der Waals surface area (Å²) in [6, 6.07) is 15.8. The maximum absolute atomic E-state index is 12.1. The molecular weight excluding hydrogens is 426 g/mol. The molecule has 0 saturated heterocycles. The molecule has 1 N–H and O–H groups in total. The molecule has 0 atom stereocenters. The minimum Gasteiger partial charge on any atom is -0.351 e. The van der Waals surface area contributed by atoms with Crippen molar-refractivity contribution in [2.24, 2.45) is 7.05 Å². The number of nitrogens with one attached hydrogen (secondary N) is 1. The molecule has 0 unspecified atom stereocenters. The highest BCUT2D eigenvalue weighted by molar-refractivity contribution is 9.10. The van der Waals surface area contributed by atoms with Crippen LogP contribution in [0.5, 0.6) is 0 Å². The number of aryl methyl sites for hydroxylation is 1. The van der Waals surface area contributed by atoms with E-state index < -0.39 is 0 Å². The molecule has 27 heavy (non-hydrogen) atoms. The van der Waals surface area contributed by atoms with Gasteiger partial charge in [0.15, 0.2) is 5.65 Å². The van der Waals surface area contributed by atoms with Gasteiger partial charge >= 0.3 is 0 Å². The van der Waals surface area contributed by atoms with E-state index in [1.165, 1.54) is 11.8 Å². The largest absolute Gasteiger partial charge is 0.351 e. The molecule has 0 aliphatic heterocycles. The number of hydrogen-bond donors (Lipinski definition) is 1. The Kier molecular flexibility index (Phi) is 5.09. The van der Waals surface area contributed by atoms with Crippen molar-refractivity contribution in [2.75, 3.05) is 5.75 Å². The minimum atomic E-state index is -0.0616. The summed E-state index contributed by atoms with van der Waals surface area (Å²) >= 11 is 4.77. The predicted octanol–water partition coefficient (Wildman–Crippen LogP) is 3.69. The highest BCUT2D eigenvalue weighted by Gasteiger charge is 2.14. The van der Waals surface area contributed by atoms with Gasteiger partial charge in [0.25, 0.3) is 0 Å². The number of fused-ring (bicyclic) bond motifs is 3. The van der Waals surface area contributed by atoms with Crippen LogP contribution in [-0.4, -0.2) is 31.4 Å². The SMILES string of the molecule is Cn1c2ccc(Br)cc2c2nnc(SCC(=O)NCc3ccccc3)nc21. The van der Waals surface area contributed by atoms with Crippen LogP contribution in [0, 0.1) is 0 Å². The van der Waals surface area contributed by atoms with Gasteiger partial charge in [-0.3, -0.25) is 4.79 Å². The van der Waals surface area contributed by atoms with Crippen molar-refractivity contribution in [3.8, 4) is 0 Å². The van der Waals surface area contributed by atoms with Crippen molar-refractivity contribution in [1.82, 2.24) is 25.1 Å². The fraction of sp³-hybridized carbons (Fsp3) is 0.158. The summed E-state index contributed by atoms with van der Waals surface area (Å²) < 4.78 is 2.98. The Morgan fingerprint density at radius 1 is 1.19 bits per heavy atom. The second-order valence-electron chi connectivity index (χ2n) is 6.04. The Labute approximate surface area is 168 Å². The first-order valence-corrected chi connectivity index (χ1v) is 10.1. The van der Waals surface area contributed by atoms with Gasteiger partial charge < -0.3 is 9.88 Å². The van der Waals surface area contributed by atoms with Crippen molar-refractivity contribution in [1.29, 1.82) is 0 Å². The second-order valence-corrected chi connectivity index (χ2v) is 7.90. The van der Waals surface area contributed by atoms with Crippen LogP contribution < -0.4 is 5.32 Å². The van der Waals surface area contributed by atoms with Gasteiger partial charge in [0.05, 0.1) is 11.3 Å². The fourth-order valence-corrected chi connectivity index (χ4v) is 3.83. The normalized spacial score (nSPS) is 11.2. The van der Waals surface area contributed by atoms with Gasteiger partial charge in [-0.2, -0.15) is 0 Å². The zero-order valence-corrected chi connectivity index (χ0v) is 16.9. The number of halogens is 1. The predicted molar refractivity (Wildman–Crippen MR) is 111 cm³/mol. The van der Waals surface area contributed by atoms with Gasteiger partial charge in [0.1, 0.15) is 5.52 Å². The van der Waals surface area contributed by atoms with Gasteiger partial charge in [-0.25, -0.2) is 4.98 Å². The van der Waals surface area contributed by atoms with Crippen LogP contribution in [0.2, 0.25) is 0 Å². The third-order valence-corrected chi connectivity index (χ3v) is 5.54. The summed E-state index contributed by atoms with van der Waals surface area (Å²) in [5, 5.41) is 12.9. The van der Waals surface area contributed by atoms with E-state index in [1.807, 2.05) is 60.1 Å². The zero-order chi connectivity index (χ0) is 18.8. The van der Waals surface area contributed by atoms with Gasteiger partial charge in [-0.1, -0.05) is 58.0 Å². The van der Waals surface area contributed by atoms with Gasteiger partial charge in [0.2, 0.25) is 11.1 Å². The number of rotatable bonds is 5. The molecule has 4 aromatic rings. The number of thioether (sulfide) groups is 1. The molecule has 2 heterocycles. The average Bonchev–Trinajstić information content (AvgIpc) is 2.97. The van der Waals surface area contributed by atoms with Crippen LogP contribution >= 0.6 is 27.7 Å². The standard InChI is InChI=1S/C19H16BrN5OS/c1-25-15-8-7-13(20)9-14(15)17-18(25)22-19(24-23-17)27-11-16(26)21-10-12-5-3-2-4-6-12/h2-9H,10-11H2,1H3,(H,21,26). The lowest BCUT2D eigenvalue weighted by Crippen LogP contribution is -2.24. The number of hydrogen-bond acceptors (Lipinski definition) is 5. The van der Waals surface area contributed by atoms with Crippen LogP contribution in [0.25, 0.3) is 22.1 Å². The molecule has 6 nitrogen and oxygen atoms in total. The van der Waals surface area contributed by atoms with Crippen molar-refractivity contribution < 1.29 is 4.79 Å². The topological polar surface area (TPSA) is 72.7 Å². The molecule has 8 heteroatoms. The molecule has 0 saturated carbocycles. The summed E-state index contributed by atoms with van der Waals surface area (Å²) in [7, 11) is 1.95. The summed E-state index contributed by atoms with van der Waals surface area (Å²) in [5.74, 6) is 0.184. The van der Waals surface area contributed by atoms with Gasteiger partial charge in [-0.15, -0.1) is 10.2 Å². The molecule has 2 aromatic carbocycles. The number of amides is 1. The highest BCUT2D eigenvalue weighted by atomic mass is 79.9. The van der Waals surface area contributed by atoms with E-state index in [-0.39, 0.29) is 11.7 Å². The van der Waals surface area contributed by atoms with Gasteiger partial charge in [0, 0.05) is 23.5 Å². The summed E-state index contributed by atoms with van der Waals surface area (Å²) in [6.45, 7) is 0.510. The number of carbonyl (C=O) groups is 1. The summed E-state index contributed by atoms with van der Waals surface area (Å²) in [5.41, 5.74) is 3.62. The maximum Gasteiger partial charge on any atom is 0.230 e. The van der Waals surface area contributed by atoms with Crippen LogP contribution in [0.4, 0.5) is 0 Å². The Bertz CT molecular complexity index is 1130. The van der Waals surface area contributed by atoms with E-state index in [9.17, 15) is 4.79 Å². The Morgan fingerprint density at radius 3 is 2.81 bits per heavy atom. The van der Waals surface area contributed by atoms with Crippen LogP contribution in [-0.2, 0) is 18.4 Å². The molecule has 0 aliphatic carbocycles. The second kappa shape index (κ2) is 7.66.